The molecule has 2 saturated heterocycles. The number of anilines is 2. The zero-order valence-corrected chi connectivity index (χ0v) is 15.0. The molecule has 2 aliphatic heterocycles. The fraction of sp³-hybridized carbons (Fsp3) is 0.500. The number of quaternary nitrogens is 2. The summed E-state index contributed by atoms with van der Waals surface area (Å²) >= 11 is 0. The predicted octanol–water partition coefficient (Wildman–Crippen LogP) is -2.24. The quantitative estimate of drug-likeness (QED) is 0.499. The van der Waals surface area contributed by atoms with Gasteiger partial charge in [-0.3, -0.25) is 14.4 Å². The Hall–Kier alpha value is -2.29. The molecule has 0 saturated carbocycles. The number of nitrogens with two attached hydrogens (primary N) is 1. The van der Waals surface area contributed by atoms with Gasteiger partial charge in [0.25, 0.3) is 5.91 Å². The van der Waals surface area contributed by atoms with Gasteiger partial charge in [0.1, 0.15) is 26.2 Å². The number of hydrogen-bond donors (Lipinski definition) is 3. The van der Waals surface area contributed by atoms with Gasteiger partial charge in [-0.25, -0.2) is 4.90 Å². The topological polar surface area (TPSA) is 96.8 Å². The maximum absolute atomic E-state index is 12.6. The number of carbonyl (C=O) groups excluding carboxylic acids is 3. The van der Waals surface area contributed by atoms with Crippen LogP contribution in [0.25, 0.3) is 0 Å². The molecular formula is C18H26N4O4+2. The van der Waals surface area contributed by atoms with Crippen molar-refractivity contribution in [3.8, 4) is 0 Å². The number of amides is 3. The van der Waals surface area contributed by atoms with Gasteiger partial charge in [-0.2, -0.15) is 0 Å². The summed E-state index contributed by atoms with van der Waals surface area (Å²) in [7, 11) is 0. The van der Waals surface area contributed by atoms with Crippen molar-refractivity contribution in [2.75, 3.05) is 49.6 Å². The second kappa shape index (κ2) is 8.39. The SMILES string of the molecule is CC(=O)Nc1ccc(N2C(=O)C[C@@H]([NH2+]CC[NH+]3CCOCC3)C2=O)cc1. The van der Waals surface area contributed by atoms with Crippen molar-refractivity contribution in [3.63, 3.8) is 0 Å². The highest BCUT2D eigenvalue weighted by Gasteiger charge is 2.42. The van der Waals surface area contributed by atoms with Gasteiger partial charge in [-0.15, -0.1) is 0 Å². The maximum atomic E-state index is 12.6. The van der Waals surface area contributed by atoms with Gasteiger partial charge < -0.3 is 20.3 Å². The molecule has 0 spiro atoms. The van der Waals surface area contributed by atoms with Crippen molar-refractivity contribution < 1.29 is 29.3 Å². The molecule has 0 bridgehead atoms. The van der Waals surface area contributed by atoms with Crippen LogP contribution < -0.4 is 20.4 Å². The molecule has 0 aromatic heterocycles. The van der Waals surface area contributed by atoms with Crippen LogP contribution in [0.2, 0.25) is 0 Å². The molecule has 0 radical (unpaired) electrons. The number of rotatable bonds is 6. The summed E-state index contributed by atoms with van der Waals surface area (Å²) in [5.41, 5.74) is 1.18. The van der Waals surface area contributed by atoms with Crippen LogP contribution in [0, 0.1) is 0 Å². The fourth-order valence-electron chi connectivity index (χ4n) is 3.41. The Kier molecular flexibility index (Phi) is 5.97. The van der Waals surface area contributed by atoms with Crippen molar-refractivity contribution in [3.05, 3.63) is 24.3 Å². The van der Waals surface area contributed by atoms with Gasteiger partial charge in [0.15, 0.2) is 6.04 Å². The van der Waals surface area contributed by atoms with Crippen LogP contribution in [0.5, 0.6) is 0 Å². The molecule has 8 heteroatoms. The molecule has 26 heavy (non-hydrogen) atoms. The minimum atomic E-state index is -0.349. The lowest BCUT2D eigenvalue weighted by Crippen LogP contribution is -3.16. The Labute approximate surface area is 152 Å². The third-order valence-electron chi connectivity index (χ3n) is 4.78. The highest BCUT2D eigenvalue weighted by molar-refractivity contribution is 6.21. The lowest BCUT2D eigenvalue weighted by molar-refractivity contribution is -0.920. The van der Waals surface area contributed by atoms with Crippen molar-refractivity contribution >= 4 is 29.1 Å². The van der Waals surface area contributed by atoms with Crippen LogP contribution in [0.1, 0.15) is 13.3 Å². The lowest BCUT2D eigenvalue weighted by atomic mass is 10.2. The van der Waals surface area contributed by atoms with E-state index in [4.69, 9.17) is 4.74 Å². The molecule has 140 valence electrons. The minimum absolute atomic E-state index is 0.164. The van der Waals surface area contributed by atoms with Crippen LogP contribution in [0.3, 0.4) is 0 Å². The Morgan fingerprint density at radius 3 is 2.62 bits per heavy atom. The van der Waals surface area contributed by atoms with Gasteiger partial charge >= 0.3 is 0 Å². The Morgan fingerprint density at radius 1 is 1.27 bits per heavy atom. The van der Waals surface area contributed by atoms with Crippen LogP contribution in [-0.4, -0.2) is 63.2 Å². The van der Waals surface area contributed by atoms with E-state index in [1.807, 2.05) is 5.32 Å². The largest absolute Gasteiger partial charge is 0.370 e. The van der Waals surface area contributed by atoms with Gasteiger partial charge in [0.05, 0.1) is 25.3 Å². The summed E-state index contributed by atoms with van der Waals surface area (Å²) < 4.78 is 5.34. The van der Waals surface area contributed by atoms with E-state index in [1.54, 1.807) is 24.3 Å². The summed E-state index contributed by atoms with van der Waals surface area (Å²) in [6.45, 7) is 6.79. The zero-order valence-electron chi connectivity index (χ0n) is 15.0. The number of benzene rings is 1. The first-order valence-electron chi connectivity index (χ1n) is 9.03. The first kappa shape index (κ1) is 18.5. The number of nitrogens with one attached hydrogen (secondary N) is 2. The molecule has 2 heterocycles. The number of carbonyl (C=O) groups is 3. The molecular weight excluding hydrogens is 336 g/mol. The third-order valence-corrected chi connectivity index (χ3v) is 4.78. The Morgan fingerprint density at radius 2 is 1.96 bits per heavy atom. The molecule has 2 fully saturated rings. The summed E-state index contributed by atoms with van der Waals surface area (Å²) in [5.74, 6) is -0.510. The van der Waals surface area contributed by atoms with E-state index in [2.05, 4.69) is 5.32 Å². The van der Waals surface area contributed by atoms with Crippen molar-refractivity contribution in [2.24, 2.45) is 0 Å². The Bertz CT molecular complexity index is 670. The summed E-state index contributed by atoms with van der Waals surface area (Å²) in [5, 5.41) is 4.65. The maximum Gasteiger partial charge on any atom is 0.292 e. The van der Waals surface area contributed by atoms with Crippen LogP contribution in [-0.2, 0) is 19.1 Å². The summed E-state index contributed by atoms with van der Waals surface area (Å²) in [6, 6.07) is 6.40. The Balaban J connectivity index is 1.55. The zero-order chi connectivity index (χ0) is 18.5. The van der Waals surface area contributed by atoms with Gasteiger partial charge in [0.2, 0.25) is 11.8 Å². The van der Waals surface area contributed by atoms with E-state index in [0.29, 0.717) is 11.4 Å². The first-order valence-corrected chi connectivity index (χ1v) is 9.03. The number of morpholine rings is 1. The number of imide groups is 1. The first-order chi connectivity index (χ1) is 12.5. The second-order valence-electron chi connectivity index (χ2n) is 6.74. The fourth-order valence-corrected chi connectivity index (χ4v) is 3.41. The highest BCUT2D eigenvalue weighted by Crippen LogP contribution is 2.23. The van der Waals surface area contributed by atoms with Gasteiger partial charge in [-0.1, -0.05) is 0 Å². The van der Waals surface area contributed by atoms with Crippen molar-refractivity contribution in [1.82, 2.24) is 0 Å². The molecule has 3 amide bonds. The number of nitrogens with zero attached hydrogens (tertiary/aromatic N) is 1. The van der Waals surface area contributed by atoms with Crippen molar-refractivity contribution in [2.45, 2.75) is 19.4 Å². The van der Waals surface area contributed by atoms with Crippen LogP contribution in [0.4, 0.5) is 11.4 Å². The van der Waals surface area contributed by atoms with Crippen LogP contribution in [0.15, 0.2) is 24.3 Å². The lowest BCUT2D eigenvalue weighted by Gasteiger charge is -2.23. The standard InChI is InChI=1S/C18H24N4O4/c1-13(23)20-14-2-4-15(5-3-14)22-17(24)12-16(18(22)25)19-6-7-21-8-10-26-11-9-21/h2-5,16,19H,6-12H2,1H3,(H,20,23)/p+2/t16-/m1/s1. The van der Waals surface area contributed by atoms with Gasteiger partial charge in [-0.05, 0) is 24.3 Å². The smallest absolute Gasteiger partial charge is 0.292 e. The third kappa shape index (κ3) is 4.46. The van der Waals surface area contributed by atoms with E-state index in [0.717, 1.165) is 39.4 Å². The second-order valence-corrected chi connectivity index (χ2v) is 6.74. The molecule has 2 aliphatic rings. The molecule has 1 atom stereocenters. The van der Waals surface area contributed by atoms with Crippen molar-refractivity contribution in [1.29, 1.82) is 0 Å². The molecule has 1 aromatic rings. The molecule has 3 rings (SSSR count). The molecule has 0 unspecified atom stereocenters. The number of ether oxygens (including phenoxy) is 1. The molecule has 1 aromatic carbocycles. The van der Waals surface area contributed by atoms with E-state index in [9.17, 15) is 14.4 Å². The van der Waals surface area contributed by atoms with E-state index >= 15 is 0 Å². The molecule has 0 aliphatic carbocycles. The minimum Gasteiger partial charge on any atom is -0.370 e. The van der Waals surface area contributed by atoms with Crippen LogP contribution >= 0.6 is 0 Å². The highest BCUT2D eigenvalue weighted by atomic mass is 16.5. The predicted molar refractivity (Wildman–Crippen MR) is 94.8 cm³/mol. The van der Waals surface area contributed by atoms with E-state index in [-0.39, 0.29) is 30.2 Å². The molecule has 4 N–H and O–H groups in total. The average Bonchev–Trinajstić information content (AvgIpc) is 2.90. The summed E-state index contributed by atoms with van der Waals surface area (Å²) in [6.07, 6.45) is 0.227. The number of hydrogen-bond acceptors (Lipinski definition) is 4. The van der Waals surface area contributed by atoms with E-state index < -0.39 is 0 Å². The average molecular weight is 362 g/mol. The monoisotopic (exact) mass is 362 g/mol. The van der Waals surface area contributed by atoms with Gasteiger partial charge in [0, 0.05) is 12.6 Å². The molecule has 8 nitrogen and oxygen atoms in total. The normalized spacial score (nSPS) is 21.3. The summed E-state index contributed by atoms with van der Waals surface area (Å²) in [4.78, 5) is 38.8. The van der Waals surface area contributed by atoms with E-state index in [1.165, 1.54) is 16.7 Å².